The van der Waals surface area contributed by atoms with Crippen LogP contribution in [-0.2, 0) is 16.2 Å². The quantitative estimate of drug-likeness (QED) is 0.769. The lowest BCUT2D eigenvalue weighted by Gasteiger charge is -2.31. The molecule has 0 radical (unpaired) electrons. The molecule has 9 heteroatoms. The lowest BCUT2D eigenvalue weighted by Crippen LogP contribution is -2.41. The van der Waals surface area contributed by atoms with Crippen molar-refractivity contribution < 1.29 is 26.3 Å². The van der Waals surface area contributed by atoms with Crippen LogP contribution in [0, 0.1) is 11.3 Å². The number of alkyl halides is 3. The highest BCUT2D eigenvalue weighted by Gasteiger charge is 2.32. The number of nitrogens with zero attached hydrogens (tertiary/aromatic N) is 2. The number of ether oxygens (including phenoxy) is 1. The summed E-state index contributed by atoms with van der Waals surface area (Å²) in [6, 6.07) is 12.2. The Morgan fingerprint density at radius 3 is 2.29 bits per heavy atom. The summed E-state index contributed by atoms with van der Waals surface area (Å²) in [6.45, 7) is 0.401. The number of hydrogen-bond donors (Lipinski definition) is 0. The van der Waals surface area contributed by atoms with E-state index in [-0.39, 0.29) is 29.8 Å². The van der Waals surface area contributed by atoms with Crippen molar-refractivity contribution in [2.45, 2.75) is 30.0 Å². The Balaban J connectivity index is 1.63. The largest absolute Gasteiger partial charge is 0.490 e. The van der Waals surface area contributed by atoms with Gasteiger partial charge in [-0.15, -0.1) is 0 Å². The minimum atomic E-state index is -4.45. The Bertz CT molecular complexity index is 975. The van der Waals surface area contributed by atoms with Crippen molar-refractivity contribution in [3.8, 4) is 11.8 Å². The highest BCUT2D eigenvalue weighted by molar-refractivity contribution is 7.89. The molecule has 1 fully saturated rings. The third kappa shape index (κ3) is 4.46. The number of benzene rings is 2. The van der Waals surface area contributed by atoms with Crippen molar-refractivity contribution in [1.29, 1.82) is 5.26 Å². The van der Waals surface area contributed by atoms with Crippen molar-refractivity contribution in [3.63, 3.8) is 0 Å². The van der Waals surface area contributed by atoms with E-state index in [0.717, 1.165) is 12.1 Å². The molecule has 28 heavy (non-hydrogen) atoms. The zero-order chi connectivity index (χ0) is 20.4. The molecule has 0 atom stereocenters. The summed E-state index contributed by atoms with van der Waals surface area (Å²) in [5.74, 6) is 0.114. The minimum absolute atomic E-state index is 0.101. The van der Waals surface area contributed by atoms with Gasteiger partial charge in [0.2, 0.25) is 10.0 Å². The predicted octanol–water partition coefficient (Wildman–Crippen LogP) is 3.81. The summed E-state index contributed by atoms with van der Waals surface area (Å²) in [5.41, 5.74) is -0.419. The van der Waals surface area contributed by atoms with Gasteiger partial charge in [-0.1, -0.05) is 6.07 Å². The van der Waals surface area contributed by atoms with Crippen LogP contribution in [0.5, 0.6) is 5.75 Å². The minimum Gasteiger partial charge on any atom is -0.490 e. The van der Waals surface area contributed by atoms with Crippen LogP contribution >= 0.6 is 0 Å². The van der Waals surface area contributed by atoms with Gasteiger partial charge in [0.05, 0.1) is 22.1 Å². The first-order chi connectivity index (χ1) is 13.2. The molecule has 3 rings (SSSR count). The van der Waals surface area contributed by atoms with Gasteiger partial charge in [0, 0.05) is 13.1 Å². The Labute approximate surface area is 161 Å². The Morgan fingerprint density at radius 2 is 1.71 bits per heavy atom. The molecule has 2 aromatic rings. The van der Waals surface area contributed by atoms with Crippen LogP contribution in [0.25, 0.3) is 0 Å². The van der Waals surface area contributed by atoms with E-state index in [1.165, 1.54) is 40.7 Å². The van der Waals surface area contributed by atoms with Crippen molar-refractivity contribution in [3.05, 3.63) is 59.7 Å². The van der Waals surface area contributed by atoms with Gasteiger partial charge in [-0.05, 0) is 55.3 Å². The number of halogens is 3. The summed E-state index contributed by atoms with van der Waals surface area (Å²) in [4.78, 5) is 0.101. The van der Waals surface area contributed by atoms with Crippen molar-refractivity contribution in [2.24, 2.45) is 0 Å². The molecule has 0 aliphatic carbocycles. The second kappa shape index (κ2) is 7.81. The van der Waals surface area contributed by atoms with E-state index >= 15 is 0 Å². The van der Waals surface area contributed by atoms with Crippen molar-refractivity contribution >= 4 is 10.0 Å². The molecule has 1 saturated heterocycles. The SMILES string of the molecule is N#Cc1ccc(S(=O)(=O)N2CCC(Oc3cccc(C(F)(F)F)c3)CC2)cc1. The molecule has 0 bridgehead atoms. The second-order valence-corrected chi connectivity index (χ2v) is 8.32. The van der Waals surface area contributed by atoms with Gasteiger partial charge < -0.3 is 4.74 Å². The second-order valence-electron chi connectivity index (χ2n) is 6.38. The molecule has 1 aliphatic rings. The zero-order valence-corrected chi connectivity index (χ0v) is 15.5. The molecular formula is C19H17F3N2O3S. The fourth-order valence-corrected chi connectivity index (χ4v) is 4.45. The van der Waals surface area contributed by atoms with Gasteiger partial charge in [-0.3, -0.25) is 0 Å². The summed E-state index contributed by atoms with van der Waals surface area (Å²) < 4.78 is 70.7. The van der Waals surface area contributed by atoms with Crippen LogP contribution < -0.4 is 4.74 Å². The van der Waals surface area contributed by atoms with E-state index < -0.39 is 21.8 Å². The highest BCUT2D eigenvalue weighted by atomic mass is 32.2. The van der Waals surface area contributed by atoms with Crippen LogP contribution in [0.15, 0.2) is 53.4 Å². The molecular weight excluding hydrogens is 393 g/mol. The van der Waals surface area contributed by atoms with Gasteiger partial charge >= 0.3 is 6.18 Å². The Kier molecular flexibility index (Phi) is 5.63. The van der Waals surface area contributed by atoms with E-state index in [9.17, 15) is 21.6 Å². The van der Waals surface area contributed by atoms with Crippen LogP contribution in [0.1, 0.15) is 24.0 Å². The molecule has 1 aliphatic heterocycles. The summed E-state index contributed by atoms with van der Waals surface area (Å²) in [7, 11) is -3.69. The Hall–Kier alpha value is -2.57. The smallest absolute Gasteiger partial charge is 0.416 e. The number of rotatable bonds is 4. The molecule has 0 unspecified atom stereocenters. The van der Waals surface area contributed by atoms with Crippen molar-refractivity contribution in [2.75, 3.05) is 13.1 Å². The number of nitriles is 1. The molecule has 148 valence electrons. The maximum Gasteiger partial charge on any atom is 0.416 e. The van der Waals surface area contributed by atoms with Crippen LogP contribution in [0.4, 0.5) is 13.2 Å². The fraction of sp³-hybridized carbons (Fsp3) is 0.316. The molecule has 0 saturated carbocycles. The molecule has 0 N–H and O–H groups in total. The third-order valence-electron chi connectivity index (χ3n) is 4.49. The summed E-state index contributed by atoms with van der Waals surface area (Å²) in [5, 5.41) is 8.81. The first-order valence-corrected chi connectivity index (χ1v) is 9.98. The van der Waals surface area contributed by atoms with E-state index in [4.69, 9.17) is 10.00 Å². The molecule has 5 nitrogen and oxygen atoms in total. The number of sulfonamides is 1. The monoisotopic (exact) mass is 410 g/mol. The lowest BCUT2D eigenvalue weighted by atomic mass is 10.1. The maximum absolute atomic E-state index is 12.8. The molecule has 2 aromatic carbocycles. The Morgan fingerprint density at radius 1 is 1.07 bits per heavy atom. The first-order valence-electron chi connectivity index (χ1n) is 8.54. The average Bonchev–Trinajstić information content (AvgIpc) is 2.68. The van der Waals surface area contributed by atoms with E-state index in [0.29, 0.717) is 18.4 Å². The molecule has 0 spiro atoms. The van der Waals surface area contributed by atoms with E-state index in [2.05, 4.69) is 0 Å². The topological polar surface area (TPSA) is 70.4 Å². The predicted molar refractivity (Wildman–Crippen MR) is 95.0 cm³/mol. The van der Waals surface area contributed by atoms with Crippen LogP contribution in [0.3, 0.4) is 0 Å². The molecule has 0 amide bonds. The summed E-state index contributed by atoms with van der Waals surface area (Å²) >= 11 is 0. The maximum atomic E-state index is 12.8. The number of hydrogen-bond acceptors (Lipinski definition) is 4. The highest BCUT2D eigenvalue weighted by Crippen LogP contribution is 2.32. The first kappa shape index (κ1) is 20.2. The van der Waals surface area contributed by atoms with E-state index in [1.54, 1.807) is 0 Å². The fourth-order valence-electron chi connectivity index (χ4n) is 2.98. The molecule has 0 aromatic heterocycles. The van der Waals surface area contributed by atoms with Gasteiger partial charge in [0.25, 0.3) is 0 Å². The van der Waals surface area contributed by atoms with Gasteiger partial charge in [0.15, 0.2) is 0 Å². The summed E-state index contributed by atoms with van der Waals surface area (Å²) in [6.07, 6.45) is -4.08. The zero-order valence-electron chi connectivity index (χ0n) is 14.7. The van der Waals surface area contributed by atoms with E-state index in [1.807, 2.05) is 6.07 Å². The number of piperidine rings is 1. The molecule has 1 heterocycles. The van der Waals surface area contributed by atoms with Gasteiger partial charge in [-0.2, -0.15) is 22.7 Å². The van der Waals surface area contributed by atoms with Crippen LogP contribution in [-0.4, -0.2) is 31.9 Å². The average molecular weight is 410 g/mol. The van der Waals surface area contributed by atoms with Gasteiger partial charge in [-0.25, -0.2) is 8.42 Å². The standard InChI is InChI=1S/C19H17F3N2O3S/c20-19(21,22)15-2-1-3-17(12-15)27-16-8-10-24(11-9-16)28(25,26)18-6-4-14(13-23)5-7-18/h1-7,12,16H,8-11H2. The van der Waals surface area contributed by atoms with Crippen molar-refractivity contribution in [1.82, 2.24) is 4.31 Å². The normalized spacial score (nSPS) is 16.5. The lowest BCUT2D eigenvalue weighted by molar-refractivity contribution is -0.137. The third-order valence-corrected chi connectivity index (χ3v) is 6.40. The van der Waals surface area contributed by atoms with Crippen LogP contribution in [0.2, 0.25) is 0 Å². The van der Waals surface area contributed by atoms with Gasteiger partial charge in [0.1, 0.15) is 11.9 Å².